The largest absolute Gasteiger partial charge is 0.472 e. The van der Waals surface area contributed by atoms with Gasteiger partial charge in [-0.2, -0.15) is 0 Å². The zero-order chi connectivity index (χ0) is 80.8. The zero-order valence-electron chi connectivity index (χ0n) is 70.1. The Morgan fingerprint density at radius 2 is 0.477 bits per heavy atom. The van der Waals surface area contributed by atoms with E-state index < -0.39 is 91.5 Å². The number of carbonyl (C=O) groups is 3. The topological polar surface area (TPSA) is 231 Å². The fraction of sp³-hybridized carbons (Fsp3) is 0.710. The van der Waals surface area contributed by atoms with Crippen LogP contribution in [0.3, 0.4) is 0 Å². The number of phosphoric acid groups is 2. The molecular formula is C93H160O16P2. The first-order valence-electron chi connectivity index (χ1n) is 44.1. The lowest BCUT2D eigenvalue weighted by molar-refractivity contribution is -0.161. The third kappa shape index (κ3) is 86.1. The molecule has 4 N–H and O–H groups in total. The summed E-state index contributed by atoms with van der Waals surface area (Å²) in [6, 6.07) is 0. The van der Waals surface area contributed by atoms with Crippen molar-refractivity contribution in [2.75, 3.05) is 39.6 Å². The highest BCUT2D eigenvalue weighted by Crippen LogP contribution is 2.45. The molecule has 0 amide bonds. The van der Waals surface area contributed by atoms with Crippen LogP contribution in [0, 0.1) is 0 Å². The summed E-state index contributed by atoms with van der Waals surface area (Å²) < 4.78 is 61.3. The number of unbranched alkanes of at least 4 members (excludes halogenated alkanes) is 36. The van der Waals surface area contributed by atoms with Gasteiger partial charge in [0.1, 0.15) is 25.4 Å². The smallest absolute Gasteiger partial charge is 0.463 e. The number of carbonyl (C=O) groups excluding carboxylic acids is 3. The summed E-state index contributed by atoms with van der Waals surface area (Å²) in [7, 11) is -9.81. The summed E-state index contributed by atoms with van der Waals surface area (Å²) in [5.74, 6) is -1.61. The van der Waals surface area contributed by atoms with Crippen LogP contribution in [-0.2, 0) is 55.8 Å². The minimum atomic E-state index is -4.95. The molecule has 5 atom stereocenters. The molecule has 0 aromatic rings. The lowest BCUT2D eigenvalue weighted by atomic mass is 10.0. The molecule has 0 heterocycles. The molecule has 5 unspecified atom stereocenters. The molecule has 0 fully saturated rings. The van der Waals surface area contributed by atoms with Crippen LogP contribution in [0.15, 0.2) is 146 Å². The predicted octanol–water partition coefficient (Wildman–Crippen LogP) is 26.8. The molecule has 0 rings (SSSR count). The molecule has 18 heteroatoms. The van der Waals surface area contributed by atoms with Crippen LogP contribution in [0.2, 0.25) is 0 Å². The molecule has 0 spiro atoms. The van der Waals surface area contributed by atoms with Gasteiger partial charge in [-0.1, -0.05) is 346 Å². The summed E-state index contributed by atoms with van der Waals surface area (Å²) in [4.78, 5) is 58.8. The van der Waals surface area contributed by atoms with Crippen LogP contribution in [0.25, 0.3) is 0 Å². The normalized spacial score (nSPS) is 14.5. The van der Waals surface area contributed by atoms with Gasteiger partial charge in [-0.05, 0) is 148 Å². The van der Waals surface area contributed by atoms with Gasteiger partial charge in [-0.3, -0.25) is 32.5 Å². The number of ether oxygens (including phenoxy) is 3. The van der Waals surface area contributed by atoms with Crippen molar-refractivity contribution in [1.82, 2.24) is 0 Å². The Kier molecular flexibility index (Phi) is 81.3. The lowest BCUT2D eigenvalue weighted by Gasteiger charge is -2.21. The van der Waals surface area contributed by atoms with Gasteiger partial charge in [-0.15, -0.1) is 0 Å². The Balaban J connectivity index is 4.48. The van der Waals surface area contributed by atoms with Crippen molar-refractivity contribution in [2.45, 2.75) is 386 Å². The van der Waals surface area contributed by atoms with Gasteiger partial charge in [0.25, 0.3) is 0 Å². The van der Waals surface area contributed by atoms with E-state index in [0.717, 1.165) is 154 Å². The molecule has 0 aromatic carbocycles. The zero-order valence-corrected chi connectivity index (χ0v) is 71.9. The van der Waals surface area contributed by atoms with Gasteiger partial charge in [-0.25, -0.2) is 9.13 Å². The van der Waals surface area contributed by atoms with Crippen molar-refractivity contribution in [3.05, 3.63) is 146 Å². The van der Waals surface area contributed by atoms with E-state index in [1.807, 2.05) is 0 Å². The summed E-state index contributed by atoms with van der Waals surface area (Å²) in [5, 5.41) is 20.7. The molecule has 0 saturated carbocycles. The molecule has 0 aliphatic heterocycles. The second-order valence-corrected chi connectivity index (χ2v) is 32.2. The van der Waals surface area contributed by atoms with Gasteiger partial charge >= 0.3 is 33.6 Å². The monoisotopic (exact) mass is 1600 g/mol. The SMILES string of the molecule is CC/C=C\C/C=C\C/C=C\C/C=C\CCCCCCC(=O)OC(COC(=O)CCCCCCCCC/C=C\C/C=C\C/C=C\C/C=C\CCCCC)COP(=O)(O)OCC(O)COP(=O)(O)OCC(O)COC(=O)CCCCCCCCCCCCCCCCCCCCC/C=C\C/C=C\C/C=C\C/C=C\CCCCC. The first-order chi connectivity index (χ1) is 54.2. The molecule has 0 aliphatic rings. The van der Waals surface area contributed by atoms with E-state index in [0.29, 0.717) is 19.3 Å². The number of aliphatic hydroxyl groups is 2. The molecular weight excluding hydrogens is 1430 g/mol. The number of hydrogen-bond acceptors (Lipinski definition) is 14. The molecule has 0 bridgehead atoms. The van der Waals surface area contributed by atoms with Crippen LogP contribution in [-0.4, -0.2) is 95.9 Å². The minimum Gasteiger partial charge on any atom is -0.463 e. The van der Waals surface area contributed by atoms with Gasteiger partial charge in [0.05, 0.1) is 26.4 Å². The number of rotatable bonds is 83. The minimum absolute atomic E-state index is 0.0706. The highest BCUT2D eigenvalue weighted by atomic mass is 31.2. The van der Waals surface area contributed by atoms with E-state index in [9.17, 15) is 43.5 Å². The molecule has 638 valence electrons. The highest BCUT2D eigenvalue weighted by Gasteiger charge is 2.29. The van der Waals surface area contributed by atoms with E-state index in [4.69, 9.17) is 32.3 Å². The Morgan fingerprint density at radius 1 is 0.261 bits per heavy atom. The van der Waals surface area contributed by atoms with E-state index in [-0.39, 0.29) is 19.3 Å². The van der Waals surface area contributed by atoms with E-state index in [1.54, 1.807) is 0 Å². The third-order valence-electron chi connectivity index (χ3n) is 18.5. The van der Waals surface area contributed by atoms with E-state index >= 15 is 0 Å². The maximum absolute atomic E-state index is 13.0. The van der Waals surface area contributed by atoms with Crippen molar-refractivity contribution in [3.63, 3.8) is 0 Å². The molecule has 16 nitrogen and oxygen atoms in total. The molecule has 111 heavy (non-hydrogen) atoms. The van der Waals surface area contributed by atoms with Crippen LogP contribution in [0.1, 0.15) is 367 Å². The van der Waals surface area contributed by atoms with Crippen LogP contribution in [0.4, 0.5) is 0 Å². The van der Waals surface area contributed by atoms with Crippen molar-refractivity contribution >= 4 is 33.6 Å². The maximum atomic E-state index is 13.0. The number of aliphatic hydroxyl groups excluding tert-OH is 2. The van der Waals surface area contributed by atoms with E-state index in [2.05, 4.69) is 167 Å². The van der Waals surface area contributed by atoms with Gasteiger partial charge in [0.15, 0.2) is 6.10 Å². The Hall–Kier alpha value is -4.57. The quantitative estimate of drug-likeness (QED) is 0.0146. The molecule has 0 aromatic heterocycles. The van der Waals surface area contributed by atoms with Crippen molar-refractivity contribution in [3.8, 4) is 0 Å². The number of phosphoric ester groups is 2. The molecule has 0 aliphatic carbocycles. The van der Waals surface area contributed by atoms with Crippen LogP contribution < -0.4 is 0 Å². The van der Waals surface area contributed by atoms with Gasteiger partial charge in [0, 0.05) is 19.3 Å². The molecule has 0 radical (unpaired) electrons. The number of esters is 3. The number of allylic oxidation sites excluding steroid dienone is 24. The fourth-order valence-electron chi connectivity index (χ4n) is 11.8. The van der Waals surface area contributed by atoms with Gasteiger partial charge < -0.3 is 34.2 Å². The highest BCUT2D eigenvalue weighted by molar-refractivity contribution is 7.47. The standard InChI is InChI=1S/C93H160O16P2/c1-4-7-10-13-16-19-22-25-28-31-33-35-37-38-39-40-41-42-43-44-45-46-47-48-50-52-53-56-58-61-64-67-70-73-76-79-91(96)103-82-88(94)83-105-110(99,100)106-84-89(95)85-107-111(101,102)108-87-90(109-93(98)81-78-75-72-69-66-63-60-55-30-27-24-21-18-15-12-9-6-3)86-104-92(97)80-77-74-71-68-65-62-59-57-54-51-49-36-34-32-29-26-23-20-17-14-11-8-5-2/h9,12,16-21,25-30,33-36,38-39,51,54,60,63,88-90,94-95H,4-8,10-11,13-15,22-24,31-32,37,40-50,52-53,55-59,61-62,64-87H2,1-3H3,(H,99,100)(H,101,102)/b12-9-,19-16-,20-17-,21-18-,28-25-,29-26-,30-27-,35-33-,36-34-,39-38-,54-51-,63-60-. The van der Waals surface area contributed by atoms with Crippen LogP contribution in [0.5, 0.6) is 0 Å². The molecule has 0 saturated heterocycles. The summed E-state index contributed by atoms with van der Waals surface area (Å²) in [6.07, 6.45) is 106. The van der Waals surface area contributed by atoms with Gasteiger partial charge in [0.2, 0.25) is 0 Å². The second-order valence-electron chi connectivity index (χ2n) is 29.3. The van der Waals surface area contributed by atoms with Crippen molar-refractivity contribution < 1.29 is 75.8 Å². The lowest BCUT2D eigenvalue weighted by Crippen LogP contribution is -2.30. The first kappa shape index (κ1) is 106. The average Bonchev–Trinajstić information content (AvgIpc) is 0.906. The third-order valence-corrected chi connectivity index (χ3v) is 20.4. The maximum Gasteiger partial charge on any atom is 0.472 e. The first-order valence-corrected chi connectivity index (χ1v) is 47.1. The Bertz CT molecular complexity index is 2600. The fourth-order valence-corrected chi connectivity index (χ4v) is 13.4. The van der Waals surface area contributed by atoms with Crippen molar-refractivity contribution in [2.24, 2.45) is 0 Å². The average molecular weight is 1600 g/mol. The summed E-state index contributed by atoms with van der Waals surface area (Å²) in [6.45, 7) is 2.50. The van der Waals surface area contributed by atoms with Crippen LogP contribution >= 0.6 is 15.6 Å². The van der Waals surface area contributed by atoms with E-state index in [1.165, 1.54) is 154 Å². The Morgan fingerprint density at radius 3 is 0.757 bits per heavy atom. The van der Waals surface area contributed by atoms with Crippen molar-refractivity contribution in [1.29, 1.82) is 0 Å². The summed E-state index contributed by atoms with van der Waals surface area (Å²) in [5.41, 5.74) is 0. The predicted molar refractivity (Wildman–Crippen MR) is 463 cm³/mol. The summed E-state index contributed by atoms with van der Waals surface area (Å²) >= 11 is 0. The second kappa shape index (κ2) is 84.8. The Labute approximate surface area is 677 Å². The number of hydrogen-bond donors (Lipinski definition) is 4.